The minimum absolute atomic E-state index is 0.208. The SMILES string of the molecule is CCSc1c(F)cc(C)c(Cl)c1Br. The van der Waals surface area contributed by atoms with Crippen molar-refractivity contribution in [3.05, 3.63) is 26.9 Å². The third-order valence-corrected chi connectivity index (χ3v) is 4.33. The summed E-state index contributed by atoms with van der Waals surface area (Å²) in [5.41, 5.74) is 0.756. The van der Waals surface area contributed by atoms with Crippen LogP contribution in [0.2, 0.25) is 5.02 Å². The molecule has 72 valence electrons. The Morgan fingerprint density at radius 2 is 2.23 bits per heavy atom. The number of thioether (sulfide) groups is 1. The second-order valence-electron chi connectivity index (χ2n) is 2.57. The van der Waals surface area contributed by atoms with E-state index in [-0.39, 0.29) is 5.82 Å². The fourth-order valence-corrected chi connectivity index (χ4v) is 2.74. The van der Waals surface area contributed by atoms with E-state index in [2.05, 4.69) is 15.9 Å². The molecule has 13 heavy (non-hydrogen) atoms. The molecule has 1 aromatic rings. The fraction of sp³-hybridized carbons (Fsp3) is 0.333. The van der Waals surface area contributed by atoms with Crippen molar-refractivity contribution < 1.29 is 4.39 Å². The molecule has 0 radical (unpaired) electrons. The molecule has 1 rings (SSSR count). The van der Waals surface area contributed by atoms with Gasteiger partial charge in [0.2, 0.25) is 0 Å². The summed E-state index contributed by atoms with van der Waals surface area (Å²) in [6, 6.07) is 1.46. The molecular formula is C9H9BrClFS. The minimum atomic E-state index is -0.208. The average molecular weight is 284 g/mol. The molecule has 0 spiro atoms. The summed E-state index contributed by atoms with van der Waals surface area (Å²) in [6.07, 6.45) is 0. The molecule has 0 atom stereocenters. The Balaban J connectivity index is 3.26. The predicted molar refractivity (Wildman–Crippen MR) is 60.2 cm³/mol. The molecule has 0 N–H and O–H groups in total. The maximum absolute atomic E-state index is 13.4. The zero-order valence-corrected chi connectivity index (χ0v) is 10.5. The number of hydrogen-bond donors (Lipinski definition) is 0. The Morgan fingerprint density at radius 1 is 1.62 bits per heavy atom. The molecule has 0 fully saturated rings. The maximum atomic E-state index is 13.4. The van der Waals surface area contributed by atoms with Crippen LogP contribution < -0.4 is 0 Å². The molecule has 0 aromatic heterocycles. The van der Waals surface area contributed by atoms with Crippen molar-refractivity contribution in [3.63, 3.8) is 0 Å². The van der Waals surface area contributed by atoms with Crippen molar-refractivity contribution in [2.75, 3.05) is 5.75 Å². The normalized spacial score (nSPS) is 10.5. The fourth-order valence-electron chi connectivity index (χ4n) is 0.973. The number of halogens is 3. The number of hydrogen-bond acceptors (Lipinski definition) is 1. The molecule has 0 aliphatic heterocycles. The highest BCUT2D eigenvalue weighted by atomic mass is 79.9. The quantitative estimate of drug-likeness (QED) is 0.562. The van der Waals surface area contributed by atoms with E-state index in [1.807, 2.05) is 6.92 Å². The molecular weight excluding hydrogens is 275 g/mol. The van der Waals surface area contributed by atoms with E-state index in [0.29, 0.717) is 14.4 Å². The minimum Gasteiger partial charge on any atom is -0.206 e. The second kappa shape index (κ2) is 4.67. The smallest absolute Gasteiger partial charge is 0.138 e. The van der Waals surface area contributed by atoms with Crippen LogP contribution in [0, 0.1) is 12.7 Å². The zero-order chi connectivity index (χ0) is 10.0. The third-order valence-electron chi connectivity index (χ3n) is 1.59. The lowest BCUT2D eigenvalue weighted by Crippen LogP contribution is -1.88. The highest BCUT2D eigenvalue weighted by molar-refractivity contribution is 9.10. The number of rotatable bonds is 2. The van der Waals surface area contributed by atoms with E-state index in [1.54, 1.807) is 6.92 Å². The summed E-state index contributed by atoms with van der Waals surface area (Å²) in [7, 11) is 0. The van der Waals surface area contributed by atoms with E-state index in [1.165, 1.54) is 17.8 Å². The predicted octanol–water partition coefficient (Wildman–Crippen LogP) is 4.66. The van der Waals surface area contributed by atoms with Crippen LogP contribution >= 0.6 is 39.3 Å². The maximum Gasteiger partial charge on any atom is 0.138 e. The standard InChI is InChI=1S/C9H9BrClFS/c1-3-13-9-6(12)4-5(2)8(11)7(9)10/h4H,3H2,1-2H3. The van der Waals surface area contributed by atoms with Crippen LogP contribution in [0.25, 0.3) is 0 Å². The molecule has 0 bridgehead atoms. The summed E-state index contributed by atoms with van der Waals surface area (Å²) in [5, 5.41) is 0.595. The summed E-state index contributed by atoms with van der Waals surface area (Å²) in [4.78, 5) is 0.595. The van der Waals surface area contributed by atoms with Gasteiger partial charge in [-0.2, -0.15) is 0 Å². The van der Waals surface area contributed by atoms with E-state index in [0.717, 1.165) is 11.3 Å². The van der Waals surface area contributed by atoms with Gasteiger partial charge in [0, 0.05) is 0 Å². The molecule has 0 heterocycles. The molecule has 0 nitrogen and oxygen atoms in total. The van der Waals surface area contributed by atoms with Crippen LogP contribution in [0.1, 0.15) is 12.5 Å². The Morgan fingerprint density at radius 3 is 2.77 bits per heavy atom. The van der Waals surface area contributed by atoms with Crippen molar-refractivity contribution >= 4 is 39.3 Å². The van der Waals surface area contributed by atoms with E-state index in [4.69, 9.17) is 11.6 Å². The Labute approximate surface area is 95.0 Å². The Bertz CT molecular complexity index is 328. The van der Waals surface area contributed by atoms with Crippen LogP contribution in [0.4, 0.5) is 4.39 Å². The van der Waals surface area contributed by atoms with E-state index in [9.17, 15) is 4.39 Å². The average Bonchev–Trinajstić information content (AvgIpc) is 2.09. The second-order valence-corrected chi connectivity index (χ2v) is 5.01. The van der Waals surface area contributed by atoms with Gasteiger partial charge in [-0.25, -0.2) is 4.39 Å². The molecule has 0 aliphatic carbocycles. The topological polar surface area (TPSA) is 0 Å². The third kappa shape index (κ3) is 2.39. The highest BCUT2D eigenvalue weighted by Crippen LogP contribution is 2.37. The van der Waals surface area contributed by atoms with Crippen LogP contribution in [0.5, 0.6) is 0 Å². The lowest BCUT2D eigenvalue weighted by molar-refractivity contribution is 0.599. The van der Waals surface area contributed by atoms with Crippen molar-refractivity contribution in [1.29, 1.82) is 0 Å². The zero-order valence-electron chi connectivity index (χ0n) is 7.33. The van der Waals surface area contributed by atoms with Crippen LogP contribution in [0.3, 0.4) is 0 Å². The summed E-state index contributed by atoms with van der Waals surface area (Å²) in [5.74, 6) is 0.621. The van der Waals surface area contributed by atoms with Gasteiger partial charge in [0.05, 0.1) is 14.4 Å². The first-order valence-corrected chi connectivity index (χ1v) is 6.00. The van der Waals surface area contributed by atoms with Gasteiger partial charge in [0.15, 0.2) is 0 Å². The first-order chi connectivity index (χ1) is 6.07. The van der Waals surface area contributed by atoms with Gasteiger partial charge in [0.25, 0.3) is 0 Å². The van der Waals surface area contributed by atoms with Crippen molar-refractivity contribution in [2.45, 2.75) is 18.7 Å². The lowest BCUT2D eigenvalue weighted by atomic mass is 10.2. The van der Waals surface area contributed by atoms with Crippen molar-refractivity contribution in [3.8, 4) is 0 Å². The number of aryl methyl sites for hydroxylation is 1. The first-order valence-electron chi connectivity index (χ1n) is 3.84. The Hall–Kier alpha value is 0.270. The summed E-state index contributed by atoms with van der Waals surface area (Å²) >= 11 is 10.7. The largest absolute Gasteiger partial charge is 0.206 e. The first kappa shape index (κ1) is 11.3. The summed E-state index contributed by atoms with van der Waals surface area (Å²) in [6.45, 7) is 3.76. The van der Waals surface area contributed by atoms with E-state index < -0.39 is 0 Å². The van der Waals surface area contributed by atoms with Crippen LogP contribution in [-0.2, 0) is 0 Å². The Kier molecular flexibility index (Phi) is 4.07. The molecule has 4 heteroatoms. The molecule has 0 unspecified atom stereocenters. The van der Waals surface area contributed by atoms with Crippen molar-refractivity contribution in [2.24, 2.45) is 0 Å². The molecule has 0 amide bonds. The molecule has 0 aliphatic rings. The van der Waals surface area contributed by atoms with Gasteiger partial charge in [-0.15, -0.1) is 11.8 Å². The number of benzene rings is 1. The monoisotopic (exact) mass is 282 g/mol. The molecule has 0 saturated carbocycles. The lowest BCUT2D eigenvalue weighted by Gasteiger charge is -2.08. The van der Waals surface area contributed by atoms with Gasteiger partial charge in [-0.3, -0.25) is 0 Å². The van der Waals surface area contributed by atoms with Gasteiger partial charge in [-0.1, -0.05) is 18.5 Å². The summed E-state index contributed by atoms with van der Waals surface area (Å²) < 4.78 is 14.0. The van der Waals surface area contributed by atoms with Gasteiger partial charge in [0.1, 0.15) is 5.82 Å². The van der Waals surface area contributed by atoms with Crippen molar-refractivity contribution in [1.82, 2.24) is 0 Å². The molecule has 1 aromatic carbocycles. The van der Waals surface area contributed by atoms with Gasteiger partial charge >= 0.3 is 0 Å². The van der Waals surface area contributed by atoms with Crippen LogP contribution in [0.15, 0.2) is 15.4 Å². The highest BCUT2D eigenvalue weighted by Gasteiger charge is 2.12. The van der Waals surface area contributed by atoms with Crippen LogP contribution in [-0.4, -0.2) is 5.75 Å². The molecule has 0 saturated heterocycles. The van der Waals surface area contributed by atoms with Gasteiger partial charge in [-0.05, 0) is 40.2 Å². The van der Waals surface area contributed by atoms with Gasteiger partial charge < -0.3 is 0 Å². The van der Waals surface area contributed by atoms with E-state index >= 15 is 0 Å².